The van der Waals surface area contributed by atoms with E-state index < -0.39 is 23.1 Å². The van der Waals surface area contributed by atoms with Gasteiger partial charge in [-0.2, -0.15) is 0 Å². The van der Waals surface area contributed by atoms with E-state index in [9.17, 15) is 18.8 Å². The second kappa shape index (κ2) is 8.04. The molecule has 0 aliphatic rings. The molecule has 0 aliphatic heterocycles. The van der Waals surface area contributed by atoms with Crippen molar-refractivity contribution in [2.24, 2.45) is 0 Å². The molecule has 3 aromatic rings. The number of amides is 1. The summed E-state index contributed by atoms with van der Waals surface area (Å²) in [4.78, 5) is 37.3. The van der Waals surface area contributed by atoms with Gasteiger partial charge in [0.1, 0.15) is 11.4 Å². The van der Waals surface area contributed by atoms with Crippen LogP contribution >= 0.6 is 0 Å². The van der Waals surface area contributed by atoms with Crippen molar-refractivity contribution in [3.63, 3.8) is 0 Å². The van der Waals surface area contributed by atoms with Crippen LogP contribution in [-0.2, 0) is 11.3 Å². The Balaban J connectivity index is 1.98. The highest BCUT2D eigenvalue weighted by Gasteiger charge is 2.16. The molecule has 1 aromatic heterocycles. The van der Waals surface area contributed by atoms with Crippen LogP contribution in [0.3, 0.4) is 0 Å². The summed E-state index contributed by atoms with van der Waals surface area (Å²) in [5.74, 6) is -1.69. The van der Waals surface area contributed by atoms with Crippen molar-refractivity contribution >= 4 is 28.5 Å². The maximum Gasteiger partial charge on any atom is 0.338 e. The van der Waals surface area contributed by atoms with Gasteiger partial charge in [-0.05, 0) is 50.2 Å². The third-order valence-corrected chi connectivity index (χ3v) is 4.26. The number of aryl methyl sites for hydroxylation is 1. The van der Waals surface area contributed by atoms with E-state index in [1.807, 2.05) is 6.92 Å². The second-order valence-electron chi connectivity index (χ2n) is 6.07. The van der Waals surface area contributed by atoms with Crippen LogP contribution in [-0.4, -0.2) is 23.1 Å². The fourth-order valence-corrected chi connectivity index (χ4v) is 2.93. The minimum atomic E-state index is -0.639. The van der Waals surface area contributed by atoms with E-state index in [1.54, 1.807) is 29.7 Å². The van der Waals surface area contributed by atoms with Crippen molar-refractivity contribution in [2.45, 2.75) is 20.4 Å². The number of carbonyl (C=O) groups excluding carboxylic acids is 2. The molecule has 1 heterocycles. The van der Waals surface area contributed by atoms with E-state index in [2.05, 4.69) is 5.32 Å². The fourth-order valence-electron chi connectivity index (χ4n) is 2.93. The Morgan fingerprint density at radius 1 is 1.14 bits per heavy atom. The summed E-state index contributed by atoms with van der Waals surface area (Å²) in [5, 5.41) is 2.75. The van der Waals surface area contributed by atoms with Gasteiger partial charge in [0, 0.05) is 23.8 Å². The minimum absolute atomic E-state index is 0.110. The number of aromatic nitrogens is 1. The van der Waals surface area contributed by atoms with Crippen LogP contribution in [0.15, 0.2) is 53.5 Å². The van der Waals surface area contributed by atoms with Crippen LogP contribution in [0.1, 0.15) is 34.6 Å². The summed E-state index contributed by atoms with van der Waals surface area (Å²) in [7, 11) is 0. The lowest BCUT2D eigenvalue weighted by Gasteiger charge is -2.12. The molecule has 3 rings (SSSR count). The first-order valence-electron chi connectivity index (χ1n) is 8.85. The van der Waals surface area contributed by atoms with Crippen molar-refractivity contribution in [3.8, 4) is 0 Å². The molecule has 0 bridgehead atoms. The minimum Gasteiger partial charge on any atom is -0.462 e. The van der Waals surface area contributed by atoms with Crippen molar-refractivity contribution in [1.82, 2.24) is 4.57 Å². The van der Waals surface area contributed by atoms with Crippen LogP contribution in [0.4, 0.5) is 10.1 Å². The number of nitrogens with one attached hydrogen (secondary N) is 1. The molecule has 1 amide bonds. The van der Waals surface area contributed by atoms with Crippen LogP contribution in [0.5, 0.6) is 0 Å². The number of carbonyl (C=O) groups is 2. The molecule has 2 aromatic carbocycles. The molecule has 1 N–H and O–H groups in total. The van der Waals surface area contributed by atoms with Crippen LogP contribution < -0.4 is 10.7 Å². The first kappa shape index (κ1) is 19.3. The third kappa shape index (κ3) is 3.78. The van der Waals surface area contributed by atoms with E-state index >= 15 is 0 Å². The lowest BCUT2D eigenvalue weighted by molar-refractivity contribution is 0.0526. The summed E-state index contributed by atoms with van der Waals surface area (Å²) >= 11 is 0. The predicted octanol–water partition coefficient (Wildman–Crippen LogP) is 3.59. The Bertz CT molecular complexity index is 1120. The fraction of sp³-hybridized carbons (Fsp3) is 0.190. The summed E-state index contributed by atoms with van der Waals surface area (Å²) in [6.07, 6.45) is 1.45. The number of hydrogen-bond donors (Lipinski definition) is 1. The first-order valence-corrected chi connectivity index (χ1v) is 8.85. The van der Waals surface area contributed by atoms with Crippen molar-refractivity contribution in [1.29, 1.82) is 0 Å². The number of fused-ring (bicyclic) bond motifs is 1. The van der Waals surface area contributed by atoms with E-state index in [4.69, 9.17) is 4.74 Å². The molecule has 144 valence electrons. The third-order valence-electron chi connectivity index (χ3n) is 4.26. The maximum absolute atomic E-state index is 13.6. The first-order chi connectivity index (χ1) is 13.4. The Hall–Kier alpha value is -3.48. The molecule has 28 heavy (non-hydrogen) atoms. The van der Waals surface area contributed by atoms with Gasteiger partial charge in [0.15, 0.2) is 0 Å². The Kier molecular flexibility index (Phi) is 5.54. The van der Waals surface area contributed by atoms with Gasteiger partial charge in [0.2, 0.25) is 5.43 Å². The molecule has 6 nitrogen and oxygen atoms in total. The molecule has 7 heteroatoms. The van der Waals surface area contributed by atoms with E-state index in [0.717, 1.165) is 6.07 Å². The molecule has 0 saturated carbocycles. The molecule has 0 aliphatic carbocycles. The molecule has 0 atom stereocenters. The summed E-state index contributed by atoms with van der Waals surface area (Å²) in [6, 6.07) is 10.1. The topological polar surface area (TPSA) is 77.4 Å². The van der Waals surface area contributed by atoms with Gasteiger partial charge in [-0.1, -0.05) is 6.07 Å². The van der Waals surface area contributed by atoms with Gasteiger partial charge in [-0.3, -0.25) is 9.59 Å². The van der Waals surface area contributed by atoms with Crippen molar-refractivity contribution < 1.29 is 18.7 Å². The van der Waals surface area contributed by atoms with E-state index in [-0.39, 0.29) is 23.1 Å². The smallest absolute Gasteiger partial charge is 0.338 e. The number of pyridine rings is 1. The molecule has 0 fully saturated rings. The zero-order chi connectivity index (χ0) is 20.3. The Labute approximate surface area is 160 Å². The summed E-state index contributed by atoms with van der Waals surface area (Å²) in [6.45, 7) is 4.29. The van der Waals surface area contributed by atoms with Gasteiger partial charge < -0.3 is 14.6 Å². The maximum atomic E-state index is 13.6. The van der Waals surface area contributed by atoms with Gasteiger partial charge >= 0.3 is 5.97 Å². The van der Waals surface area contributed by atoms with Crippen LogP contribution in [0, 0.1) is 5.82 Å². The highest BCUT2D eigenvalue weighted by atomic mass is 19.1. The van der Waals surface area contributed by atoms with Gasteiger partial charge in [0.05, 0.1) is 17.7 Å². The number of nitrogens with zero attached hydrogens (tertiary/aromatic N) is 1. The average molecular weight is 382 g/mol. The Morgan fingerprint density at radius 2 is 1.93 bits per heavy atom. The largest absolute Gasteiger partial charge is 0.462 e. The van der Waals surface area contributed by atoms with Crippen LogP contribution in [0.25, 0.3) is 10.9 Å². The highest BCUT2D eigenvalue weighted by molar-refractivity contribution is 6.06. The molecule has 0 radical (unpaired) electrons. The van der Waals surface area contributed by atoms with Gasteiger partial charge in [-0.15, -0.1) is 0 Å². The number of benzene rings is 2. The zero-order valence-corrected chi connectivity index (χ0v) is 15.5. The van der Waals surface area contributed by atoms with E-state index in [0.29, 0.717) is 17.7 Å². The molecule has 0 spiro atoms. The van der Waals surface area contributed by atoms with Gasteiger partial charge in [-0.25, -0.2) is 9.18 Å². The van der Waals surface area contributed by atoms with Crippen LogP contribution in [0.2, 0.25) is 0 Å². The number of anilines is 1. The lowest BCUT2D eigenvalue weighted by Crippen LogP contribution is -2.24. The summed E-state index contributed by atoms with van der Waals surface area (Å²) in [5.41, 5.74) is 0.512. The van der Waals surface area contributed by atoms with E-state index in [1.165, 1.54) is 24.4 Å². The standard InChI is InChI=1S/C21H19FN2O4/c1-3-24-12-17(19(25)16-11-14(22)8-9-18(16)24)20(26)23-15-7-5-6-13(10-15)21(27)28-4-2/h5-12H,3-4H2,1-2H3,(H,23,26). The summed E-state index contributed by atoms with van der Waals surface area (Å²) < 4.78 is 20.3. The average Bonchev–Trinajstić information content (AvgIpc) is 2.69. The molecule has 0 saturated heterocycles. The monoisotopic (exact) mass is 382 g/mol. The quantitative estimate of drug-likeness (QED) is 0.684. The molecule has 0 unspecified atom stereocenters. The highest BCUT2D eigenvalue weighted by Crippen LogP contribution is 2.16. The van der Waals surface area contributed by atoms with Gasteiger partial charge in [0.25, 0.3) is 5.91 Å². The normalized spacial score (nSPS) is 10.7. The number of esters is 1. The molecular weight excluding hydrogens is 363 g/mol. The van der Waals surface area contributed by atoms with Crippen molar-refractivity contribution in [3.05, 3.63) is 75.8 Å². The lowest BCUT2D eigenvalue weighted by atomic mass is 10.1. The SMILES string of the molecule is CCOC(=O)c1cccc(NC(=O)c2cn(CC)c3ccc(F)cc3c2=O)c1. The second-order valence-corrected chi connectivity index (χ2v) is 6.07. The zero-order valence-electron chi connectivity index (χ0n) is 15.5. The molecular formula is C21H19FN2O4. The number of halogens is 1. The Morgan fingerprint density at radius 3 is 2.64 bits per heavy atom. The number of rotatable bonds is 5. The predicted molar refractivity (Wildman–Crippen MR) is 104 cm³/mol. The number of ether oxygens (including phenoxy) is 1. The van der Waals surface area contributed by atoms with Crippen molar-refractivity contribution in [2.75, 3.05) is 11.9 Å². The number of hydrogen-bond acceptors (Lipinski definition) is 4.